The topological polar surface area (TPSA) is 84.1 Å². The highest BCUT2D eigenvalue weighted by atomic mass is 35.5. The monoisotopic (exact) mass is 371 g/mol. The van der Waals surface area contributed by atoms with Gasteiger partial charge < -0.3 is 16.0 Å². The van der Waals surface area contributed by atoms with Crippen molar-refractivity contribution in [1.29, 1.82) is 0 Å². The molecule has 0 aliphatic carbocycles. The van der Waals surface area contributed by atoms with Crippen molar-refractivity contribution in [2.24, 2.45) is 5.73 Å². The molecule has 26 heavy (non-hydrogen) atoms. The lowest BCUT2D eigenvalue weighted by atomic mass is 9.88. The third kappa shape index (κ3) is 3.34. The molecule has 2 aromatic heterocycles. The van der Waals surface area contributed by atoms with E-state index in [1.54, 1.807) is 6.33 Å². The Hall–Kier alpha value is -2.31. The highest BCUT2D eigenvalue weighted by Crippen LogP contribution is 2.28. The number of aromatic nitrogens is 3. The van der Waals surface area contributed by atoms with Gasteiger partial charge in [0.1, 0.15) is 5.39 Å². The highest BCUT2D eigenvalue weighted by molar-refractivity contribution is 6.30. The molecular weight excluding hydrogens is 348 g/mol. The smallest absolute Gasteiger partial charge is 0.234 e. The predicted molar refractivity (Wildman–Crippen MR) is 106 cm³/mol. The van der Waals surface area contributed by atoms with Gasteiger partial charge in [0.15, 0.2) is 0 Å². The molecule has 3 aromatic rings. The summed E-state index contributed by atoms with van der Waals surface area (Å²) in [6.45, 7) is 4.68. The SMILES string of the molecule is Cc1c[nH]c2nc[nH+]c(N3CCC(N)(CNc4ccc(Cl)cc4)CC3)c12. The van der Waals surface area contributed by atoms with E-state index in [0.29, 0.717) is 0 Å². The van der Waals surface area contributed by atoms with Crippen molar-refractivity contribution in [1.82, 2.24) is 9.97 Å². The zero-order chi connectivity index (χ0) is 18.1. The van der Waals surface area contributed by atoms with Crippen LogP contribution in [0.5, 0.6) is 0 Å². The molecule has 0 atom stereocenters. The normalized spacial score (nSPS) is 16.8. The first-order valence-electron chi connectivity index (χ1n) is 8.92. The second-order valence-corrected chi connectivity index (χ2v) is 7.59. The van der Waals surface area contributed by atoms with Crippen LogP contribution >= 0.6 is 11.6 Å². The number of aryl methyl sites for hydroxylation is 1. The maximum Gasteiger partial charge on any atom is 0.234 e. The molecule has 7 heteroatoms. The van der Waals surface area contributed by atoms with E-state index in [0.717, 1.165) is 60.0 Å². The molecule has 3 heterocycles. The van der Waals surface area contributed by atoms with E-state index in [2.05, 4.69) is 32.1 Å². The molecule has 0 unspecified atom stereocenters. The molecule has 1 aliphatic rings. The molecule has 136 valence electrons. The van der Waals surface area contributed by atoms with Gasteiger partial charge in [-0.3, -0.25) is 4.90 Å². The Balaban J connectivity index is 1.43. The number of aromatic amines is 2. The first kappa shape index (κ1) is 17.1. The summed E-state index contributed by atoms with van der Waals surface area (Å²) in [6.07, 6.45) is 5.60. The number of hydrogen-bond acceptors (Lipinski definition) is 4. The molecular formula is C19H24ClN6+. The van der Waals surface area contributed by atoms with E-state index in [9.17, 15) is 0 Å². The van der Waals surface area contributed by atoms with Crippen LogP contribution in [0.25, 0.3) is 11.0 Å². The number of piperidine rings is 1. The molecule has 1 fully saturated rings. The van der Waals surface area contributed by atoms with E-state index in [-0.39, 0.29) is 5.54 Å². The van der Waals surface area contributed by atoms with E-state index in [4.69, 9.17) is 17.3 Å². The minimum atomic E-state index is -0.213. The number of nitrogens with one attached hydrogen (secondary N) is 3. The third-order valence-electron chi connectivity index (χ3n) is 5.25. The summed E-state index contributed by atoms with van der Waals surface area (Å²) in [5.41, 5.74) is 9.62. The van der Waals surface area contributed by atoms with E-state index >= 15 is 0 Å². The lowest BCUT2D eigenvalue weighted by Gasteiger charge is -2.37. The number of nitrogens with zero attached hydrogens (tertiary/aromatic N) is 2. The number of rotatable bonds is 4. The van der Waals surface area contributed by atoms with Gasteiger partial charge in [0.25, 0.3) is 0 Å². The maximum absolute atomic E-state index is 6.66. The number of hydrogen-bond donors (Lipinski definition) is 3. The van der Waals surface area contributed by atoms with Crippen LogP contribution in [0.2, 0.25) is 5.02 Å². The lowest BCUT2D eigenvalue weighted by molar-refractivity contribution is -0.367. The third-order valence-corrected chi connectivity index (χ3v) is 5.50. The summed E-state index contributed by atoms with van der Waals surface area (Å²) in [6, 6.07) is 7.75. The zero-order valence-electron chi connectivity index (χ0n) is 14.8. The van der Waals surface area contributed by atoms with Gasteiger partial charge in [0.05, 0.1) is 13.1 Å². The molecule has 0 saturated carbocycles. The van der Waals surface area contributed by atoms with Crippen LogP contribution in [0.15, 0.2) is 36.8 Å². The molecule has 1 saturated heterocycles. The van der Waals surface area contributed by atoms with Crippen molar-refractivity contribution in [3.63, 3.8) is 0 Å². The first-order valence-corrected chi connectivity index (χ1v) is 9.30. The van der Waals surface area contributed by atoms with Crippen LogP contribution in [0.1, 0.15) is 18.4 Å². The number of nitrogens with two attached hydrogens (primary N) is 1. The molecule has 0 radical (unpaired) electrons. The van der Waals surface area contributed by atoms with E-state index < -0.39 is 0 Å². The Kier molecular flexibility index (Phi) is 4.46. The predicted octanol–water partition coefficient (Wildman–Crippen LogP) is 2.75. The molecule has 5 N–H and O–H groups in total. The summed E-state index contributed by atoms with van der Waals surface area (Å²) < 4.78 is 0. The Morgan fingerprint density at radius 1 is 1.31 bits per heavy atom. The van der Waals surface area contributed by atoms with Gasteiger partial charge in [-0.05, 0) is 49.6 Å². The van der Waals surface area contributed by atoms with Crippen molar-refractivity contribution in [3.05, 3.63) is 47.4 Å². The summed E-state index contributed by atoms with van der Waals surface area (Å²) in [5.74, 6) is 1.13. The molecule has 0 spiro atoms. The Morgan fingerprint density at radius 2 is 2.04 bits per heavy atom. The number of anilines is 2. The van der Waals surface area contributed by atoms with Crippen molar-refractivity contribution in [2.75, 3.05) is 29.9 Å². The molecule has 1 aromatic carbocycles. The van der Waals surface area contributed by atoms with E-state index in [1.807, 2.05) is 30.5 Å². The molecule has 0 amide bonds. The average molecular weight is 372 g/mol. The van der Waals surface area contributed by atoms with Gasteiger partial charge in [0, 0.05) is 29.0 Å². The summed E-state index contributed by atoms with van der Waals surface area (Å²) in [4.78, 5) is 13.3. The standard InChI is InChI=1S/C19H23ClN6/c1-13-10-22-17-16(13)18(25-12-24-17)26-8-6-19(21,7-9-26)11-23-15-4-2-14(20)3-5-15/h2-5,10,12,23H,6-9,11,21H2,1H3,(H,22,24,25)/p+1. The number of H-pyrrole nitrogens is 2. The average Bonchev–Trinajstić information content (AvgIpc) is 3.04. The van der Waals surface area contributed by atoms with Crippen molar-refractivity contribution in [2.45, 2.75) is 25.3 Å². The second-order valence-electron chi connectivity index (χ2n) is 7.16. The fraction of sp³-hybridized carbons (Fsp3) is 0.368. The quantitative estimate of drug-likeness (QED) is 0.658. The minimum absolute atomic E-state index is 0.213. The van der Waals surface area contributed by atoms with Crippen LogP contribution in [0.3, 0.4) is 0 Å². The van der Waals surface area contributed by atoms with Crippen molar-refractivity contribution < 1.29 is 4.98 Å². The summed E-state index contributed by atoms with van der Waals surface area (Å²) >= 11 is 5.94. The number of benzene rings is 1. The Morgan fingerprint density at radius 3 is 2.77 bits per heavy atom. The van der Waals surface area contributed by atoms with Gasteiger partial charge >= 0.3 is 0 Å². The lowest BCUT2D eigenvalue weighted by Crippen LogP contribution is -2.55. The van der Waals surface area contributed by atoms with Crippen LogP contribution < -0.4 is 20.9 Å². The van der Waals surface area contributed by atoms with Gasteiger partial charge in [-0.15, -0.1) is 0 Å². The highest BCUT2D eigenvalue weighted by Gasteiger charge is 2.34. The fourth-order valence-electron chi connectivity index (χ4n) is 3.59. The van der Waals surface area contributed by atoms with Crippen LogP contribution in [-0.4, -0.2) is 35.1 Å². The Labute approximate surface area is 157 Å². The van der Waals surface area contributed by atoms with Crippen LogP contribution in [-0.2, 0) is 0 Å². The molecule has 6 nitrogen and oxygen atoms in total. The first-order chi connectivity index (χ1) is 12.5. The summed E-state index contributed by atoms with van der Waals surface area (Å²) in [7, 11) is 0. The number of halogens is 1. The fourth-order valence-corrected chi connectivity index (χ4v) is 3.71. The second kappa shape index (κ2) is 6.78. The van der Waals surface area contributed by atoms with Gasteiger partial charge in [-0.2, -0.15) is 0 Å². The largest absolute Gasteiger partial charge is 0.383 e. The van der Waals surface area contributed by atoms with Gasteiger partial charge in [-0.25, -0.2) is 4.98 Å². The van der Waals surface area contributed by atoms with E-state index in [1.165, 1.54) is 5.56 Å². The Bertz CT molecular complexity index is 896. The summed E-state index contributed by atoms with van der Waals surface area (Å²) in [5, 5.41) is 5.35. The van der Waals surface area contributed by atoms with Crippen molar-refractivity contribution in [3.8, 4) is 0 Å². The van der Waals surface area contributed by atoms with Gasteiger partial charge in [-0.1, -0.05) is 16.6 Å². The van der Waals surface area contributed by atoms with Crippen LogP contribution in [0, 0.1) is 6.92 Å². The molecule has 4 rings (SSSR count). The maximum atomic E-state index is 6.66. The molecule has 0 bridgehead atoms. The van der Waals surface area contributed by atoms with Gasteiger partial charge in [0.2, 0.25) is 17.8 Å². The zero-order valence-corrected chi connectivity index (χ0v) is 15.6. The van der Waals surface area contributed by atoms with Crippen LogP contribution in [0.4, 0.5) is 11.5 Å². The number of fused-ring (bicyclic) bond motifs is 1. The molecule has 1 aliphatic heterocycles. The van der Waals surface area contributed by atoms with Crippen molar-refractivity contribution >= 4 is 34.1 Å². The minimum Gasteiger partial charge on any atom is -0.383 e.